The van der Waals surface area contributed by atoms with Gasteiger partial charge in [0.25, 0.3) is 0 Å². The van der Waals surface area contributed by atoms with Crippen LogP contribution in [0.3, 0.4) is 0 Å². The summed E-state index contributed by atoms with van der Waals surface area (Å²) < 4.78 is 0. The molecule has 4 nitrogen and oxygen atoms in total. The van der Waals surface area contributed by atoms with Gasteiger partial charge in [0.1, 0.15) is 0 Å². The molecule has 1 unspecified atom stereocenters. The second-order valence-electron chi connectivity index (χ2n) is 6.36. The van der Waals surface area contributed by atoms with Crippen molar-refractivity contribution in [1.29, 1.82) is 0 Å². The smallest absolute Gasteiger partial charge is 0.226 e. The molecule has 5 heteroatoms. The molecule has 0 aromatic heterocycles. The van der Waals surface area contributed by atoms with Crippen LogP contribution >= 0.6 is 11.6 Å². The third-order valence-electron chi connectivity index (χ3n) is 4.10. The Balaban J connectivity index is 2.00. The summed E-state index contributed by atoms with van der Waals surface area (Å²) in [5.41, 5.74) is 2.87. The minimum atomic E-state index is -0.395. The van der Waals surface area contributed by atoms with Gasteiger partial charge in [0.2, 0.25) is 11.8 Å². The number of hydrogen-bond donors (Lipinski definition) is 2. The first-order valence-corrected chi connectivity index (χ1v) is 9.27. The molecule has 0 saturated carbocycles. The summed E-state index contributed by atoms with van der Waals surface area (Å²) in [6.45, 7) is 3.61. The highest BCUT2D eigenvalue weighted by atomic mass is 35.5. The van der Waals surface area contributed by atoms with Gasteiger partial charge in [-0.1, -0.05) is 49.2 Å². The highest BCUT2D eigenvalue weighted by Crippen LogP contribution is 2.21. The Bertz CT molecular complexity index is 727. The zero-order valence-electron chi connectivity index (χ0n) is 15.2. The van der Waals surface area contributed by atoms with Gasteiger partial charge >= 0.3 is 0 Å². The summed E-state index contributed by atoms with van der Waals surface area (Å²) >= 11 is 5.91. The van der Waals surface area contributed by atoms with Crippen LogP contribution in [0.4, 0.5) is 5.69 Å². The van der Waals surface area contributed by atoms with Gasteiger partial charge in [0.05, 0.1) is 12.5 Å². The Morgan fingerprint density at radius 2 is 1.69 bits per heavy atom. The number of benzene rings is 2. The number of hydrogen-bond acceptors (Lipinski definition) is 2. The standard InChI is InChI=1S/C21H25ClN2O2/c1-3-4-5-16-6-12-19(13-7-16)24-21(26)14-20(23-15(2)25)17-8-10-18(22)11-9-17/h6-13,20H,3-5,14H2,1-2H3,(H,23,25)(H,24,26). The van der Waals surface area contributed by atoms with Crippen molar-refractivity contribution < 1.29 is 9.59 Å². The van der Waals surface area contributed by atoms with E-state index in [-0.39, 0.29) is 18.2 Å². The molecular formula is C21H25ClN2O2. The van der Waals surface area contributed by atoms with E-state index in [0.29, 0.717) is 5.02 Å². The van der Waals surface area contributed by atoms with E-state index in [1.165, 1.54) is 12.5 Å². The van der Waals surface area contributed by atoms with Crippen molar-refractivity contribution in [2.45, 2.75) is 45.6 Å². The Morgan fingerprint density at radius 3 is 2.27 bits per heavy atom. The Hall–Kier alpha value is -2.33. The van der Waals surface area contributed by atoms with Gasteiger partial charge in [-0.15, -0.1) is 0 Å². The average Bonchev–Trinajstić information content (AvgIpc) is 2.61. The molecule has 0 radical (unpaired) electrons. The second kappa shape index (κ2) is 9.97. The van der Waals surface area contributed by atoms with Crippen LogP contribution in [0.5, 0.6) is 0 Å². The number of rotatable bonds is 8. The molecule has 2 aromatic carbocycles. The van der Waals surface area contributed by atoms with Gasteiger partial charge < -0.3 is 10.6 Å². The Kier molecular flexibility index (Phi) is 7.67. The maximum Gasteiger partial charge on any atom is 0.226 e. The van der Waals surface area contributed by atoms with Crippen LogP contribution in [0.25, 0.3) is 0 Å². The normalized spacial score (nSPS) is 11.7. The minimum absolute atomic E-state index is 0.152. The van der Waals surface area contributed by atoms with Gasteiger partial charge in [0, 0.05) is 17.6 Å². The first-order valence-electron chi connectivity index (χ1n) is 8.89. The summed E-state index contributed by atoms with van der Waals surface area (Å²) in [4.78, 5) is 23.9. The maximum atomic E-state index is 12.4. The van der Waals surface area contributed by atoms with Crippen LogP contribution in [0.1, 0.15) is 50.3 Å². The third kappa shape index (κ3) is 6.52. The lowest BCUT2D eigenvalue weighted by Gasteiger charge is -2.18. The van der Waals surface area contributed by atoms with Crippen LogP contribution in [0.2, 0.25) is 5.02 Å². The van der Waals surface area contributed by atoms with Gasteiger partial charge in [-0.2, -0.15) is 0 Å². The first kappa shape index (κ1) is 20.0. The Morgan fingerprint density at radius 1 is 1.04 bits per heavy atom. The molecule has 0 aliphatic rings. The van der Waals surface area contributed by atoms with E-state index < -0.39 is 6.04 Å². The van der Waals surface area contributed by atoms with Crippen LogP contribution in [0.15, 0.2) is 48.5 Å². The van der Waals surface area contributed by atoms with Crippen LogP contribution in [-0.2, 0) is 16.0 Å². The van der Waals surface area contributed by atoms with Gasteiger partial charge in [-0.3, -0.25) is 9.59 Å². The number of amides is 2. The van der Waals surface area contributed by atoms with Crippen molar-refractivity contribution in [3.05, 3.63) is 64.7 Å². The van der Waals surface area contributed by atoms with Gasteiger partial charge in [-0.05, 0) is 48.2 Å². The molecule has 0 heterocycles. The summed E-state index contributed by atoms with van der Waals surface area (Å²) in [6, 6.07) is 14.6. The fourth-order valence-electron chi connectivity index (χ4n) is 2.73. The van der Waals surface area contributed by atoms with Crippen molar-refractivity contribution in [2.24, 2.45) is 0 Å². The number of aryl methyl sites for hydroxylation is 1. The highest BCUT2D eigenvalue weighted by molar-refractivity contribution is 6.30. The molecule has 2 rings (SSSR count). The lowest BCUT2D eigenvalue weighted by molar-refractivity contribution is -0.120. The van der Waals surface area contributed by atoms with E-state index >= 15 is 0 Å². The molecule has 0 aliphatic carbocycles. The predicted octanol–water partition coefficient (Wildman–Crippen LogP) is 4.89. The second-order valence-corrected chi connectivity index (χ2v) is 6.79. The van der Waals surface area contributed by atoms with Crippen molar-refractivity contribution >= 4 is 29.1 Å². The number of anilines is 1. The average molecular weight is 373 g/mol. The van der Waals surface area contributed by atoms with E-state index in [1.807, 2.05) is 36.4 Å². The fraction of sp³-hybridized carbons (Fsp3) is 0.333. The molecular weight excluding hydrogens is 348 g/mol. The van der Waals surface area contributed by atoms with Crippen LogP contribution < -0.4 is 10.6 Å². The zero-order valence-corrected chi connectivity index (χ0v) is 16.0. The van der Waals surface area contributed by atoms with Crippen molar-refractivity contribution in [3.8, 4) is 0 Å². The van der Waals surface area contributed by atoms with E-state index in [2.05, 4.69) is 17.6 Å². The van der Waals surface area contributed by atoms with Crippen molar-refractivity contribution in [3.63, 3.8) is 0 Å². The number of unbranched alkanes of at least 4 members (excludes halogenated alkanes) is 1. The molecule has 2 aromatic rings. The number of nitrogens with one attached hydrogen (secondary N) is 2. The molecule has 0 aliphatic heterocycles. The maximum absolute atomic E-state index is 12.4. The first-order chi connectivity index (χ1) is 12.5. The largest absolute Gasteiger partial charge is 0.349 e. The zero-order chi connectivity index (χ0) is 18.9. The molecule has 26 heavy (non-hydrogen) atoms. The number of carbonyl (C=O) groups is 2. The molecule has 138 valence electrons. The fourth-order valence-corrected chi connectivity index (χ4v) is 2.85. The molecule has 0 fully saturated rings. The molecule has 1 atom stereocenters. The summed E-state index contributed by atoms with van der Waals surface area (Å²) in [5.74, 6) is -0.335. The molecule has 2 amide bonds. The quantitative estimate of drug-likeness (QED) is 0.693. The lowest BCUT2D eigenvalue weighted by Crippen LogP contribution is -2.29. The summed E-state index contributed by atoms with van der Waals surface area (Å²) in [6.07, 6.45) is 3.52. The van der Waals surface area contributed by atoms with Crippen molar-refractivity contribution in [2.75, 3.05) is 5.32 Å². The number of halogens is 1. The molecule has 0 spiro atoms. The van der Waals surface area contributed by atoms with Crippen LogP contribution in [0, 0.1) is 0 Å². The monoisotopic (exact) mass is 372 g/mol. The van der Waals surface area contributed by atoms with E-state index in [0.717, 1.165) is 30.5 Å². The van der Waals surface area contributed by atoms with Crippen LogP contribution in [-0.4, -0.2) is 11.8 Å². The summed E-state index contributed by atoms with van der Waals surface area (Å²) in [7, 11) is 0. The lowest BCUT2D eigenvalue weighted by atomic mass is 10.0. The highest BCUT2D eigenvalue weighted by Gasteiger charge is 2.17. The molecule has 0 saturated heterocycles. The SMILES string of the molecule is CCCCc1ccc(NC(=O)CC(NC(C)=O)c2ccc(Cl)cc2)cc1. The molecule has 2 N–H and O–H groups in total. The third-order valence-corrected chi connectivity index (χ3v) is 4.35. The Labute approximate surface area is 159 Å². The van der Waals surface area contributed by atoms with Gasteiger partial charge in [0.15, 0.2) is 0 Å². The number of carbonyl (C=O) groups excluding carboxylic acids is 2. The predicted molar refractivity (Wildman–Crippen MR) is 106 cm³/mol. The van der Waals surface area contributed by atoms with Crippen molar-refractivity contribution in [1.82, 2.24) is 5.32 Å². The molecule has 0 bridgehead atoms. The van der Waals surface area contributed by atoms with E-state index in [9.17, 15) is 9.59 Å². The van der Waals surface area contributed by atoms with Gasteiger partial charge in [-0.25, -0.2) is 0 Å². The topological polar surface area (TPSA) is 58.2 Å². The minimum Gasteiger partial charge on any atom is -0.349 e. The summed E-state index contributed by atoms with van der Waals surface area (Å²) in [5, 5.41) is 6.33. The van der Waals surface area contributed by atoms with E-state index in [4.69, 9.17) is 11.6 Å². The van der Waals surface area contributed by atoms with E-state index in [1.54, 1.807) is 12.1 Å².